The van der Waals surface area contributed by atoms with Crippen molar-refractivity contribution in [2.45, 2.75) is 19.8 Å². The summed E-state index contributed by atoms with van der Waals surface area (Å²) >= 11 is 0. The summed E-state index contributed by atoms with van der Waals surface area (Å²) in [5.41, 5.74) is 0. The molecule has 0 aromatic rings. The van der Waals surface area contributed by atoms with Gasteiger partial charge in [0.1, 0.15) is 0 Å². The van der Waals surface area contributed by atoms with Crippen LogP contribution in [0.3, 0.4) is 0 Å². The Kier molecular flexibility index (Phi) is 6.02. The Hall–Kier alpha value is 0.890. The molecule has 62 valence electrons. The summed E-state index contributed by atoms with van der Waals surface area (Å²) in [5, 5.41) is 0. The molecule has 0 spiro atoms. The molecule has 2 nitrogen and oxygen atoms in total. The predicted molar refractivity (Wildman–Crippen MR) is 50.7 cm³/mol. The van der Waals surface area contributed by atoms with Crippen molar-refractivity contribution in [3.8, 4) is 0 Å². The molecule has 5 heteroatoms. The second kappa shape index (κ2) is 5.53. The Bertz CT molecular complexity index is 129. The molecule has 0 amide bonds. The Morgan fingerprint density at radius 2 is 2.20 bits per heavy atom. The van der Waals surface area contributed by atoms with Crippen molar-refractivity contribution in [3.63, 3.8) is 0 Å². The van der Waals surface area contributed by atoms with Crippen molar-refractivity contribution >= 4 is 27.8 Å². The Morgan fingerprint density at radius 3 is 2.60 bits per heavy atom. The fourth-order valence-corrected chi connectivity index (χ4v) is 5.61. The van der Waals surface area contributed by atoms with Gasteiger partial charge in [-0.3, -0.25) is 4.57 Å². The first-order valence-electron chi connectivity index (χ1n) is 3.16. The number of rotatable bonds is 5. The summed E-state index contributed by atoms with van der Waals surface area (Å²) in [6, 6.07) is 0. The van der Waals surface area contributed by atoms with Crippen molar-refractivity contribution in [1.82, 2.24) is 0 Å². The molecule has 1 atom stereocenters. The van der Waals surface area contributed by atoms with Gasteiger partial charge in [-0.25, -0.2) is 0 Å². The normalized spacial score (nSPS) is 16.7. The molecule has 0 aliphatic rings. The van der Waals surface area contributed by atoms with Gasteiger partial charge in [0.05, 0.1) is 0 Å². The van der Waals surface area contributed by atoms with Crippen molar-refractivity contribution in [1.29, 1.82) is 0 Å². The minimum absolute atomic E-state index is 0.453. The van der Waals surface area contributed by atoms with Gasteiger partial charge in [0, 0.05) is 6.16 Å². The first-order valence-corrected chi connectivity index (χ1v) is 8.17. The first-order chi connectivity index (χ1) is 4.62. The molecule has 1 N–H and O–H groups in total. The minimum Gasteiger partial charge on any atom is -0.336 e. The molecule has 0 saturated carbocycles. The summed E-state index contributed by atoms with van der Waals surface area (Å²) in [5.74, 6) is 0. The molecule has 0 saturated heterocycles. The maximum absolute atomic E-state index is 11.1. The zero-order valence-electron chi connectivity index (χ0n) is 6.24. The molecule has 0 aliphatic carbocycles. The SMILES string of the molecule is CCCCP(=O)(O)SSC. The summed E-state index contributed by atoms with van der Waals surface area (Å²) in [4.78, 5) is 9.14. The van der Waals surface area contributed by atoms with Crippen LogP contribution in [0.15, 0.2) is 0 Å². The van der Waals surface area contributed by atoms with Gasteiger partial charge in [-0.2, -0.15) is 0 Å². The van der Waals surface area contributed by atoms with Gasteiger partial charge < -0.3 is 4.89 Å². The van der Waals surface area contributed by atoms with Crippen molar-refractivity contribution in [3.05, 3.63) is 0 Å². The zero-order chi connectivity index (χ0) is 8.04. The van der Waals surface area contributed by atoms with Crippen LogP contribution >= 0.6 is 27.8 Å². The molecular formula is C5H13O2PS2. The van der Waals surface area contributed by atoms with E-state index in [9.17, 15) is 4.57 Å². The fourth-order valence-electron chi connectivity index (χ4n) is 0.512. The molecule has 0 heterocycles. The van der Waals surface area contributed by atoms with Crippen molar-refractivity contribution < 1.29 is 9.46 Å². The van der Waals surface area contributed by atoms with E-state index in [1.165, 1.54) is 10.8 Å². The highest BCUT2D eigenvalue weighted by atomic mass is 33.3. The summed E-state index contributed by atoms with van der Waals surface area (Å²) in [7, 11) is 2.46. The minimum atomic E-state index is -2.83. The summed E-state index contributed by atoms with van der Waals surface area (Å²) in [6.45, 7) is -0.812. The van der Waals surface area contributed by atoms with E-state index in [0.29, 0.717) is 6.16 Å². The van der Waals surface area contributed by atoms with E-state index in [1.807, 2.05) is 13.2 Å². The third kappa shape index (κ3) is 5.66. The van der Waals surface area contributed by atoms with Gasteiger partial charge in [0.2, 0.25) is 0 Å². The number of hydrogen-bond donors (Lipinski definition) is 1. The lowest BCUT2D eigenvalue weighted by Gasteiger charge is -2.06. The third-order valence-electron chi connectivity index (χ3n) is 0.985. The van der Waals surface area contributed by atoms with E-state index in [2.05, 4.69) is 0 Å². The first kappa shape index (κ1) is 10.9. The van der Waals surface area contributed by atoms with Crippen LogP contribution in [0.25, 0.3) is 0 Å². The maximum Gasteiger partial charge on any atom is 0.265 e. The van der Waals surface area contributed by atoms with E-state index >= 15 is 0 Å². The second-order valence-corrected chi connectivity index (χ2v) is 8.66. The smallest absolute Gasteiger partial charge is 0.265 e. The fraction of sp³-hybridized carbons (Fsp3) is 1.00. The molecule has 1 unspecified atom stereocenters. The van der Waals surface area contributed by atoms with Gasteiger partial charge in [0.25, 0.3) is 6.57 Å². The highest BCUT2D eigenvalue weighted by molar-refractivity contribution is 8.99. The summed E-state index contributed by atoms with van der Waals surface area (Å²) in [6.07, 6.45) is 4.11. The van der Waals surface area contributed by atoms with Crippen molar-refractivity contribution in [2.24, 2.45) is 0 Å². The van der Waals surface area contributed by atoms with E-state index in [0.717, 1.165) is 23.3 Å². The molecule has 0 aliphatic heterocycles. The maximum atomic E-state index is 11.1. The van der Waals surface area contributed by atoms with E-state index in [4.69, 9.17) is 4.89 Å². The van der Waals surface area contributed by atoms with Gasteiger partial charge >= 0.3 is 0 Å². The second-order valence-electron chi connectivity index (χ2n) is 1.96. The van der Waals surface area contributed by atoms with Crippen LogP contribution in [0.4, 0.5) is 0 Å². The molecule has 0 rings (SSSR count). The van der Waals surface area contributed by atoms with E-state index in [1.54, 1.807) is 0 Å². The zero-order valence-corrected chi connectivity index (χ0v) is 8.77. The van der Waals surface area contributed by atoms with Gasteiger partial charge in [-0.15, -0.1) is 0 Å². The Labute approximate surface area is 69.8 Å². The highest BCUT2D eigenvalue weighted by Crippen LogP contribution is 2.60. The molecular weight excluding hydrogens is 187 g/mol. The molecule has 0 fully saturated rings. The lowest BCUT2D eigenvalue weighted by Crippen LogP contribution is -1.82. The van der Waals surface area contributed by atoms with E-state index < -0.39 is 6.57 Å². The lowest BCUT2D eigenvalue weighted by molar-refractivity contribution is 0.495. The molecule has 0 aromatic carbocycles. The Balaban J connectivity index is 3.53. The molecule has 0 bridgehead atoms. The third-order valence-corrected chi connectivity index (χ3v) is 7.38. The quantitative estimate of drug-likeness (QED) is 0.547. The molecule has 0 radical (unpaired) electrons. The lowest BCUT2D eigenvalue weighted by atomic mass is 10.4. The van der Waals surface area contributed by atoms with E-state index in [-0.39, 0.29) is 0 Å². The monoisotopic (exact) mass is 200 g/mol. The van der Waals surface area contributed by atoms with Crippen LogP contribution in [0.5, 0.6) is 0 Å². The standard InChI is InChI=1S/C5H13O2PS2/c1-3-4-5-8(6,7)10-9-2/h3-5H2,1-2H3,(H,6,7). The highest BCUT2D eigenvalue weighted by Gasteiger charge is 2.16. The van der Waals surface area contributed by atoms with Crippen LogP contribution in [0, 0.1) is 0 Å². The predicted octanol–water partition coefficient (Wildman–Crippen LogP) is 2.98. The van der Waals surface area contributed by atoms with Crippen LogP contribution in [0.2, 0.25) is 0 Å². The molecule has 10 heavy (non-hydrogen) atoms. The largest absolute Gasteiger partial charge is 0.336 e. The van der Waals surface area contributed by atoms with Gasteiger partial charge in [-0.05, 0) is 23.1 Å². The average molecular weight is 200 g/mol. The van der Waals surface area contributed by atoms with Gasteiger partial charge in [-0.1, -0.05) is 24.1 Å². The number of unbranched alkanes of at least 4 members (excludes halogenated alkanes) is 1. The summed E-state index contributed by atoms with van der Waals surface area (Å²) < 4.78 is 11.1. The number of hydrogen-bond acceptors (Lipinski definition) is 3. The average Bonchev–Trinajstić information content (AvgIpc) is 1.84. The van der Waals surface area contributed by atoms with Crippen LogP contribution in [-0.2, 0) is 4.57 Å². The van der Waals surface area contributed by atoms with Crippen molar-refractivity contribution in [2.75, 3.05) is 12.4 Å². The van der Waals surface area contributed by atoms with Crippen LogP contribution < -0.4 is 0 Å². The molecule has 0 aromatic heterocycles. The Morgan fingerprint density at radius 1 is 1.60 bits per heavy atom. The topological polar surface area (TPSA) is 37.3 Å². The van der Waals surface area contributed by atoms with Gasteiger partial charge in [0.15, 0.2) is 0 Å². The van der Waals surface area contributed by atoms with Crippen LogP contribution in [-0.4, -0.2) is 17.3 Å². The van der Waals surface area contributed by atoms with Crippen LogP contribution in [0.1, 0.15) is 19.8 Å².